The van der Waals surface area contributed by atoms with Gasteiger partial charge in [0.15, 0.2) is 0 Å². The molecule has 0 atom stereocenters. The molecule has 0 saturated carbocycles. The normalized spacial score (nSPS) is 6.06. The fraction of sp³-hybridized carbons (Fsp3) is 1.00. The van der Waals surface area contributed by atoms with Crippen LogP contribution in [0.2, 0.25) is 0 Å². The first-order valence-electron chi connectivity index (χ1n) is 4.34. The minimum atomic E-state index is -1.00. The number of hydrogen-bond donors (Lipinski definition) is 0. The monoisotopic (exact) mass is 398 g/mol. The van der Waals surface area contributed by atoms with Crippen LogP contribution in [0.1, 0.15) is 1.37 Å². The Morgan fingerprint density at radius 3 is 1.39 bits per heavy atom. The maximum Gasteiger partial charge on any atom is 1.00 e. The van der Waals surface area contributed by atoms with Crippen LogP contribution in [0.4, 0.5) is 4.39 Å². The van der Waals surface area contributed by atoms with Crippen LogP contribution in [0.25, 0.3) is 36.9 Å². The van der Waals surface area contributed by atoms with E-state index in [-0.39, 0.29) is 42.6 Å². The van der Waals surface area contributed by atoms with Crippen LogP contribution in [-0.4, -0.2) is 30.9 Å². The van der Waals surface area contributed by atoms with E-state index >= 15 is 0 Å². The average molecular weight is 400 g/mol. The van der Waals surface area contributed by atoms with Crippen molar-refractivity contribution in [1.29, 1.82) is 0 Å². The third kappa shape index (κ3) is 103. The molecule has 0 aliphatic rings. The second-order valence-electron chi connectivity index (χ2n) is 1.38. The van der Waals surface area contributed by atoms with Crippen LogP contribution in [0, 0.1) is 0 Å². The molecule has 0 spiro atoms. The van der Waals surface area contributed by atoms with E-state index in [1.54, 1.807) is 0 Å². The maximum atomic E-state index is 9.96. The molecule has 13 heteroatoms. The average Bonchev–Trinajstić information content (AvgIpc) is 2.37. The summed E-state index contributed by atoms with van der Waals surface area (Å²) in [6, 6.07) is 0. The molecule has 0 aliphatic carbocycles. The number of azide groups is 2. The predicted molar refractivity (Wildman–Crippen MR) is 72.7 cm³/mol. The van der Waals surface area contributed by atoms with Gasteiger partial charge in [-0.05, 0) is 11.1 Å². The maximum absolute atomic E-state index is 9.96. The molecule has 0 aromatic heterocycles. The van der Waals surface area contributed by atoms with E-state index in [1.807, 2.05) is 0 Å². The van der Waals surface area contributed by atoms with Gasteiger partial charge in [-0.3, -0.25) is 9.30 Å². The summed E-state index contributed by atoms with van der Waals surface area (Å²) in [5.41, 5.74) is 28.9. The summed E-state index contributed by atoms with van der Waals surface area (Å²) in [5.74, 6) is 0. The number of alkyl halides is 3. The first kappa shape index (κ1) is 26.4. The zero-order valence-corrected chi connectivity index (χ0v) is 14.9. The van der Waals surface area contributed by atoms with Crippen LogP contribution in [0.3, 0.4) is 0 Å². The minimum absolute atomic E-state index is 0. The minimum Gasteiger partial charge on any atom is -0.373 e. The van der Waals surface area contributed by atoms with Gasteiger partial charge in [-0.15, -0.1) is 0 Å². The smallest absolute Gasteiger partial charge is 0.373 e. The van der Waals surface area contributed by atoms with Gasteiger partial charge in [0.05, 0.1) is 8.52 Å². The molecular weight excluding hydrogens is 388 g/mol. The van der Waals surface area contributed by atoms with Crippen LogP contribution in [0.15, 0.2) is 10.2 Å². The number of hydrogen-bond acceptors (Lipinski definition) is 2. The van der Waals surface area contributed by atoms with Gasteiger partial charge in [-0.25, -0.2) is 0 Å². The summed E-state index contributed by atoms with van der Waals surface area (Å²) >= 11 is 6.40. The molecule has 0 rings (SSSR count). The Morgan fingerprint density at radius 1 is 1.06 bits per heavy atom. The number of halogens is 3. The second kappa shape index (κ2) is 54.1. The summed E-state index contributed by atoms with van der Waals surface area (Å²) in [6.45, 7) is 0.473. The summed E-state index contributed by atoms with van der Waals surface area (Å²) in [5, 5.41) is 8.35. The second-order valence-corrected chi connectivity index (χ2v) is 2.96. The van der Waals surface area contributed by atoms with Gasteiger partial charge < -0.3 is 11.1 Å². The van der Waals surface area contributed by atoms with Crippen LogP contribution < -0.4 is 29.6 Å². The van der Waals surface area contributed by atoms with E-state index in [2.05, 4.69) is 51.9 Å². The van der Waals surface area contributed by atoms with Crippen molar-refractivity contribution in [3.8, 4) is 0 Å². The van der Waals surface area contributed by atoms with Gasteiger partial charge in [0.1, 0.15) is 0 Å². The Bertz CT molecular complexity index is 245. The van der Waals surface area contributed by atoms with Crippen molar-refractivity contribution in [2.45, 2.75) is 0 Å². The summed E-state index contributed by atoms with van der Waals surface area (Å²) in [7, 11) is -1.00. The van der Waals surface area contributed by atoms with Gasteiger partial charge in [0.25, 0.3) is 0 Å². The molecule has 0 unspecified atom stereocenters. The molecule has 0 heterocycles. The quantitative estimate of drug-likeness (QED) is 0.169. The topological polar surface area (TPSA) is 156 Å². The molecule has 0 bridgehead atoms. The van der Waals surface area contributed by atoms with Crippen molar-refractivity contribution in [1.82, 2.24) is 0 Å². The van der Waals surface area contributed by atoms with Gasteiger partial charge in [-0.1, -0.05) is 42.1 Å². The van der Waals surface area contributed by atoms with Crippen molar-refractivity contribution in [3.05, 3.63) is 36.9 Å². The van der Waals surface area contributed by atoms with Crippen LogP contribution in [0.5, 0.6) is 0 Å². The van der Waals surface area contributed by atoms with Crippen LogP contribution >= 0.6 is 31.9 Å². The summed E-state index contributed by atoms with van der Waals surface area (Å²) < 4.78 is 15.5. The molecule has 98 valence electrons. The molecule has 0 fully saturated rings. The van der Waals surface area contributed by atoms with Crippen molar-refractivity contribution in [2.75, 3.05) is 30.9 Å². The van der Waals surface area contributed by atoms with Crippen molar-refractivity contribution < 1.29 is 35.3 Å². The molecule has 0 aromatic rings. The molecule has 0 saturated heterocycles. The molecule has 18 heavy (non-hydrogen) atoms. The van der Waals surface area contributed by atoms with E-state index in [1.165, 1.54) is 4.91 Å². The largest absolute Gasteiger partial charge is 1.00 e. The Labute approximate surface area is 144 Å². The van der Waals surface area contributed by atoms with Crippen molar-refractivity contribution >= 4 is 31.9 Å². The number of nitrogens with zero attached hydrogens (tertiary/aromatic N) is 9. The van der Waals surface area contributed by atoms with Gasteiger partial charge in [0.2, 0.25) is 0 Å². The van der Waals surface area contributed by atoms with E-state index in [0.29, 0.717) is 0 Å². The third-order valence-electron chi connectivity index (χ3n) is 0.498. The summed E-state index contributed by atoms with van der Waals surface area (Å²) in [6.07, 6.45) is 0. The van der Waals surface area contributed by atoms with E-state index in [4.69, 9.17) is 23.5 Å². The van der Waals surface area contributed by atoms with Gasteiger partial charge in [0, 0.05) is 33.6 Å². The first-order valence-corrected chi connectivity index (χ1v) is 5.88. The standard InChI is InChI=1S/C2H4Br2.C2H4N6.CH3F.N3.Na/c3-1-2-4;3-7-5-1-2-6-8-4;1-2;1-3-2;/h1-2H2;1-2H2;1H3;;/q;;;-1;+1/i;;1D;;. The first-order chi connectivity index (χ1) is 8.66. The Morgan fingerprint density at radius 2 is 1.28 bits per heavy atom. The fourth-order valence-electron chi connectivity index (χ4n) is 0.179. The van der Waals surface area contributed by atoms with Gasteiger partial charge in [-0.2, -0.15) is 0 Å². The molecule has 0 aromatic carbocycles. The van der Waals surface area contributed by atoms with Crippen molar-refractivity contribution in [3.63, 3.8) is 0 Å². The van der Waals surface area contributed by atoms with Crippen LogP contribution in [-0.2, 0) is 0 Å². The zero-order chi connectivity index (χ0) is 15.1. The van der Waals surface area contributed by atoms with Gasteiger partial charge >= 0.3 is 29.6 Å². The molecule has 0 aliphatic heterocycles. The SMILES string of the molecule is BrCCBr.[2H]CF.[N-]=[N+]=NCCN=[N+]=[N-].[N-]=[N+]=[N-].[Na+]. The molecule has 9 nitrogen and oxygen atoms in total. The molecule has 0 amide bonds. The predicted octanol–water partition coefficient (Wildman–Crippen LogP) is 1.84. The number of rotatable bonds is 4. The van der Waals surface area contributed by atoms with E-state index in [9.17, 15) is 4.39 Å². The fourth-order valence-corrected chi connectivity index (χ4v) is 0.179. The Hall–Kier alpha value is -0.180. The molecule has 0 N–H and O–H groups in total. The Balaban J connectivity index is -0.0000000507. The molecular formula is C5H11Br2FN9Na. The van der Waals surface area contributed by atoms with E-state index < -0.39 is 7.15 Å². The summed E-state index contributed by atoms with van der Waals surface area (Å²) in [4.78, 5) is 6.40. The molecule has 0 radical (unpaired) electrons. The van der Waals surface area contributed by atoms with E-state index in [0.717, 1.165) is 10.7 Å². The zero-order valence-electron chi connectivity index (χ0n) is 10.7. The van der Waals surface area contributed by atoms with Crippen molar-refractivity contribution in [2.24, 2.45) is 10.2 Å². The Kier molecular flexibility index (Phi) is 79.4. The third-order valence-corrected chi connectivity index (χ3v) is 2.36.